The lowest BCUT2D eigenvalue weighted by atomic mass is 9.95. The number of methoxy groups -OCH3 is 2. The van der Waals surface area contributed by atoms with Gasteiger partial charge in [0.1, 0.15) is 23.4 Å². The van der Waals surface area contributed by atoms with Gasteiger partial charge < -0.3 is 19.3 Å². The second kappa shape index (κ2) is 5.66. The van der Waals surface area contributed by atoms with Crippen molar-refractivity contribution in [1.82, 2.24) is 0 Å². The maximum atomic E-state index is 10.3. The van der Waals surface area contributed by atoms with Crippen LogP contribution in [0.2, 0.25) is 0 Å². The summed E-state index contributed by atoms with van der Waals surface area (Å²) in [5.41, 5.74) is 1.77. The Bertz CT molecular complexity index is 616. The molecular weight excluding hydrogens is 268 g/mol. The molecule has 2 aromatic carbocycles. The Balaban J connectivity index is 1.95. The average Bonchev–Trinajstić information content (AvgIpc) is 2.54. The lowest BCUT2D eigenvalue weighted by Crippen LogP contribution is -2.19. The molecule has 0 saturated heterocycles. The Morgan fingerprint density at radius 2 is 1.71 bits per heavy atom. The molecule has 1 aliphatic heterocycles. The first-order chi connectivity index (χ1) is 10.2. The largest absolute Gasteiger partial charge is 0.497 e. The van der Waals surface area contributed by atoms with Gasteiger partial charge >= 0.3 is 0 Å². The van der Waals surface area contributed by atoms with E-state index in [1.807, 2.05) is 42.5 Å². The van der Waals surface area contributed by atoms with Gasteiger partial charge in [0.25, 0.3) is 0 Å². The van der Waals surface area contributed by atoms with Crippen molar-refractivity contribution < 1.29 is 19.3 Å². The lowest BCUT2D eigenvalue weighted by molar-refractivity contribution is 0.0655. The number of benzene rings is 2. The van der Waals surface area contributed by atoms with E-state index in [1.165, 1.54) is 0 Å². The van der Waals surface area contributed by atoms with Gasteiger partial charge in [-0.2, -0.15) is 0 Å². The molecule has 0 fully saturated rings. The number of hydrogen-bond acceptors (Lipinski definition) is 4. The van der Waals surface area contributed by atoms with Gasteiger partial charge in [0, 0.05) is 18.1 Å². The SMILES string of the molecule is COc1cc(OC)cc(C2C[C@H](O)c3ccccc3O2)c1. The van der Waals surface area contributed by atoms with Crippen molar-refractivity contribution in [1.29, 1.82) is 0 Å². The number of aliphatic hydroxyl groups excluding tert-OH is 1. The molecule has 0 amide bonds. The summed E-state index contributed by atoms with van der Waals surface area (Å²) in [7, 11) is 3.23. The van der Waals surface area contributed by atoms with Crippen molar-refractivity contribution in [3.05, 3.63) is 53.6 Å². The number of ether oxygens (including phenoxy) is 3. The fourth-order valence-corrected chi connectivity index (χ4v) is 2.61. The van der Waals surface area contributed by atoms with E-state index in [0.717, 1.165) is 16.9 Å². The van der Waals surface area contributed by atoms with Gasteiger partial charge in [-0.1, -0.05) is 18.2 Å². The number of fused-ring (bicyclic) bond motifs is 1. The molecule has 0 aliphatic carbocycles. The predicted octanol–water partition coefficient (Wildman–Crippen LogP) is 3.26. The van der Waals surface area contributed by atoms with Crippen LogP contribution < -0.4 is 14.2 Å². The minimum Gasteiger partial charge on any atom is -0.497 e. The molecule has 1 N–H and O–H groups in total. The van der Waals surface area contributed by atoms with Crippen LogP contribution in [0.3, 0.4) is 0 Å². The third-order valence-electron chi connectivity index (χ3n) is 3.73. The first-order valence-electron chi connectivity index (χ1n) is 6.88. The number of rotatable bonds is 3. The van der Waals surface area contributed by atoms with E-state index in [1.54, 1.807) is 14.2 Å². The zero-order valence-electron chi connectivity index (χ0n) is 12.1. The quantitative estimate of drug-likeness (QED) is 0.941. The third kappa shape index (κ3) is 2.67. The Labute approximate surface area is 123 Å². The molecule has 0 radical (unpaired) electrons. The summed E-state index contributed by atoms with van der Waals surface area (Å²) in [5.74, 6) is 2.14. The Morgan fingerprint density at radius 1 is 1.05 bits per heavy atom. The summed E-state index contributed by atoms with van der Waals surface area (Å²) < 4.78 is 16.6. The first kappa shape index (κ1) is 13.8. The van der Waals surface area contributed by atoms with Gasteiger partial charge in [0.2, 0.25) is 0 Å². The summed E-state index contributed by atoms with van der Waals surface area (Å²) >= 11 is 0. The molecule has 0 saturated carbocycles. The number of aliphatic hydroxyl groups is 1. The van der Waals surface area contributed by atoms with Crippen LogP contribution in [0.25, 0.3) is 0 Å². The fraction of sp³-hybridized carbons (Fsp3) is 0.294. The Hall–Kier alpha value is -2.20. The topological polar surface area (TPSA) is 47.9 Å². The summed E-state index contributed by atoms with van der Waals surface area (Å²) in [6.07, 6.45) is -0.246. The summed E-state index contributed by atoms with van der Waals surface area (Å²) in [6.45, 7) is 0. The molecule has 4 heteroatoms. The number of para-hydroxylation sites is 1. The first-order valence-corrected chi connectivity index (χ1v) is 6.88. The highest BCUT2D eigenvalue weighted by Crippen LogP contribution is 2.41. The second-order valence-corrected chi connectivity index (χ2v) is 5.04. The van der Waals surface area contributed by atoms with Gasteiger partial charge in [-0.3, -0.25) is 0 Å². The molecule has 2 atom stereocenters. The summed E-state index contributed by atoms with van der Waals surface area (Å²) in [6, 6.07) is 13.2. The molecule has 110 valence electrons. The van der Waals surface area contributed by atoms with Crippen LogP contribution in [0.4, 0.5) is 0 Å². The van der Waals surface area contributed by atoms with Crippen LogP contribution in [0.5, 0.6) is 17.2 Å². The minimum absolute atomic E-state index is 0.223. The van der Waals surface area contributed by atoms with Crippen molar-refractivity contribution >= 4 is 0 Å². The highest BCUT2D eigenvalue weighted by molar-refractivity contribution is 5.42. The maximum Gasteiger partial charge on any atom is 0.127 e. The van der Waals surface area contributed by atoms with E-state index in [-0.39, 0.29) is 6.10 Å². The average molecular weight is 286 g/mol. The highest BCUT2D eigenvalue weighted by Gasteiger charge is 2.28. The van der Waals surface area contributed by atoms with E-state index < -0.39 is 6.10 Å². The lowest BCUT2D eigenvalue weighted by Gasteiger charge is -2.30. The second-order valence-electron chi connectivity index (χ2n) is 5.04. The molecule has 0 aromatic heterocycles. The monoisotopic (exact) mass is 286 g/mol. The molecule has 1 aliphatic rings. The molecule has 0 bridgehead atoms. The predicted molar refractivity (Wildman–Crippen MR) is 78.9 cm³/mol. The normalized spacial score (nSPS) is 20.3. The highest BCUT2D eigenvalue weighted by atomic mass is 16.5. The zero-order valence-corrected chi connectivity index (χ0v) is 12.1. The molecule has 1 heterocycles. The van der Waals surface area contributed by atoms with Gasteiger partial charge in [-0.25, -0.2) is 0 Å². The molecule has 3 rings (SSSR count). The smallest absolute Gasteiger partial charge is 0.127 e. The van der Waals surface area contributed by atoms with Gasteiger partial charge in [-0.15, -0.1) is 0 Å². The van der Waals surface area contributed by atoms with Crippen molar-refractivity contribution in [2.75, 3.05) is 14.2 Å². The zero-order chi connectivity index (χ0) is 14.8. The van der Waals surface area contributed by atoms with Crippen molar-refractivity contribution in [2.24, 2.45) is 0 Å². The molecule has 0 spiro atoms. The van der Waals surface area contributed by atoms with Crippen LogP contribution >= 0.6 is 0 Å². The van der Waals surface area contributed by atoms with Crippen LogP contribution in [0.15, 0.2) is 42.5 Å². The summed E-state index contributed by atoms with van der Waals surface area (Å²) in [4.78, 5) is 0. The van der Waals surface area contributed by atoms with Crippen molar-refractivity contribution in [2.45, 2.75) is 18.6 Å². The van der Waals surface area contributed by atoms with E-state index in [0.29, 0.717) is 17.9 Å². The van der Waals surface area contributed by atoms with E-state index in [2.05, 4.69) is 0 Å². The van der Waals surface area contributed by atoms with E-state index in [4.69, 9.17) is 14.2 Å². The molecule has 1 unspecified atom stereocenters. The van der Waals surface area contributed by atoms with Gasteiger partial charge in [0.05, 0.1) is 20.3 Å². The molecular formula is C17H18O4. The standard InChI is InChI=1S/C17H18O4/c1-19-12-7-11(8-13(9-12)20-2)17-10-15(18)14-5-3-4-6-16(14)21-17/h3-9,15,17-18H,10H2,1-2H3/t15-,17?/m0/s1. The molecule has 2 aromatic rings. The fourth-order valence-electron chi connectivity index (χ4n) is 2.61. The van der Waals surface area contributed by atoms with Crippen molar-refractivity contribution in [3.8, 4) is 17.2 Å². The van der Waals surface area contributed by atoms with Gasteiger partial charge in [0.15, 0.2) is 0 Å². The summed E-state index contributed by atoms with van der Waals surface area (Å²) in [5, 5.41) is 10.3. The Morgan fingerprint density at radius 3 is 2.38 bits per heavy atom. The van der Waals surface area contributed by atoms with Gasteiger partial charge in [-0.05, 0) is 23.8 Å². The van der Waals surface area contributed by atoms with Crippen LogP contribution in [0, 0.1) is 0 Å². The number of hydrogen-bond donors (Lipinski definition) is 1. The minimum atomic E-state index is -0.530. The Kier molecular flexibility index (Phi) is 3.71. The van der Waals surface area contributed by atoms with E-state index in [9.17, 15) is 5.11 Å². The molecule has 21 heavy (non-hydrogen) atoms. The van der Waals surface area contributed by atoms with Crippen molar-refractivity contribution in [3.63, 3.8) is 0 Å². The van der Waals surface area contributed by atoms with Crippen LogP contribution in [0.1, 0.15) is 29.8 Å². The third-order valence-corrected chi connectivity index (χ3v) is 3.73. The molecule has 4 nitrogen and oxygen atoms in total. The van der Waals surface area contributed by atoms with Crippen LogP contribution in [-0.4, -0.2) is 19.3 Å². The van der Waals surface area contributed by atoms with Crippen LogP contribution in [-0.2, 0) is 0 Å². The van der Waals surface area contributed by atoms with E-state index >= 15 is 0 Å². The maximum absolute atomic E-state index is 10.3.